The average molecular weight is 471 g/mol. The first-order valence-corrected chi connectivity index (χ1v) is 12.1. The van der Waals surface area contributed by atoms with Crippen LogP contribution in [0.2, 0.25) is 0 Å². The van der Waals surface area contributed by atoms with Gasteiger partial charge in [0.2, 0.25) is 5.89 Å². The third-order valence-electron chi connectivity index (χ3n) is 6.39. The zero-order valence-corrected chi connectivity index (χ0v) is 19.9. The van der Waals surface area contributed by atoms with Crippen molar-refractivity contribution in [3.05, 3.63) is 95.8 Å². The first-order chi connectivity index (χ1) is 17.2. The van der Waals surface area contributed by atoms with Crippen molar-refractivity contribution in [2.75, 3.05) is 37.6 Å². The lowest BCUT2D eigenvalue weighted by Crippen LogP contribution is -2.46. The van der Waals surface area contributed by atoms with Gasteiger partial charge in [-0.25, -0.2) is 4.98 Å². The Morgan fingerprint density at radius 1 is 0.971 bits per heavy atom. The van der Waals surface area contributed by atoms with E-state index in [1.165, 1.54) is 5.69 Å². The topological polar surface area (TPSA) is 74.8 Å². The monoisotopic (exact) mass is 470 g/mol. The Morgan fingerprint density at radius 3 is 2.46 bits per heavy atom. The summed E-state index contributed by atoms with van der Waals surface area (Å²) >= 11 is 0. The number of anilines is 1. The number of aromatic nitrogens is 1. The Morgan fingerprint density at radius 2 is 1.74 bits per heavy atom. The highest BCUT2D eigenvalue weighted by Gasteiger charge is 2.20. The summed E-state index contributed by atoms with van der Waals surface area (Å²) in [6.07, 6.45) is 2.30. The van der Waals surface area contributed by atoms with Crippen LogP contribution in [0.1, 0.15) is 27.6 Å². The van der Waals surface area contributed by atoms with Gasteiger partial charge >= 0.3 is 0 Å². The van der Waals surface area contributed by atoms with E-state index in [0.717, 1.165) is 55.5 Å². The predicted molar refractivity (Wildman–Crippen MR) is 135 cm³/mol. The predicted octanol–water partition coefficient (Wildman–Crippen LogP) is 4.54. The van der Waals surface area contributed by atoms with Crippen molar-refractivity contribution in [1.29, 1.82) is 0 Å². The molecule has 7 heteroatoms. The van der Waals surface area contributed by atoms with Crippen molar-refractivity contribution in [2.45, 2.75) is 19.9 Å². The summed E-state index contributed by atoms with van der Waals surface area (Å²) in [6.45, 7) is 7.23. The Labute approximate surface area is 205 Å². The number of para-hydroxylation sites is 1. The van der Waals surface area contributed by atoms with E-state index >= 15 is 0 Å². The number of piperazine rings is 1. The molecule has 0 radical (unpaired) electrons. The van der Waals surface area contributed by atoms with Gasteiger partial charge in [-0.15, -0.1) is 0 Å². The summed E-state index contributed by atoms with van der Waals surface area (Å²) < 4.78 is 11.3. The van der Waals surface area contributed by atoms with E-state index in [2.05, 4.69) is 45.4 Å². The van der Waals surface area contributed by atoms with Gasteiger partial charge < -0.3 is 19.1 Å². The maximum Gasteiger partial charge on any atom is 0.251 e. The molecule has 1 aliphatic rings. The van der Waals surface area contributed by atoms with Gasteiger partial charge in [-0.3, -0.25) is 9.69 Å². The summed E-state index contributed by atoms with van der Waals surface area (Å²) in [6, 6.07) is 21.7. The Bertz CT molecular complexity index is 1230. The van der Waals surface area contributed by atoms with Gasteiger partial charge in [0.25, 0.3) is 5.91 Å². The molecule has 0 aliphatic carbocycles. The summed E-state index contributed by atoms with van der Waals surface area (Å²) in [4.78, 5) is 22.0. The summed E-state index contributed by atoms with van der Waals surface area (Å²) in [5.41, 5.74) is 3.71. The number of carbonyl (C=O) groups is 1. The molecule has 3 heterocycles. The van der Waals surface area contributed by atoms with Crippen LogP contribution in [-0.4, -0.2) is 48.5 Å². The Kier molecular flexibility index (Phi) is 6.95. The van der Waals surface area contributed by atoms with Crippen molar-refractivity contribution in [2.24, 2.45) is 0 Å². The molecule has 7 nitrogen and oxygen atoms in total. The molecule has 0 saturated carbocycles. The molecule has 2 aromatic carbocycles. The summed E-state index contributed by atoms with van der Waals surface area (Å²) in [5, 5.41) is 2.92. The molecule has 0 spiro atoms. The second-order valence-electron chi connectivity index (χ2n) is 8.78. The van der Waals surface area contributed by atoms with Crippen LogP contribution in [0.15, 0.2) is 81.8 Å². The molecule has 1 saturated heterocycles. The van der Waals surface area contributed by atoms with E-state index in [4.69, 9.17) is 13.8 Å². The van der Waals surface area contributed by atoms with Crippen molar-refractivity contribution in [3.63, 3.8) is 0 Å². The molecule has 1 aliphatic heterocycles. The molecule has 1 fully saturated rings. The van der Waals surface area contributed by atoms with E-state index in [0.29, 0.717) is 24.4 Å². The van der Waals surface area contributed by atoms with Crippen LogP contribution in [0.4, 0.5) is 5.69 Å². The molecule has 1 N–H and O–H groups in total. The number of nitrogens with one attached hydrogen (secondary N) is 1. The van der Waals surface area contributed by atoms with E-state index in [-0.39, 0.29) is 5.91 Å². The van der Waals surface area contributed by atoms with E-state index in [9.17, 15) is 4.79 Å². The minimum absolute atomic E-state index is 0.109. The van der Waals surface area contributed by atoms with Gasteiger partial charge in [-0.1, -0.05) is 18.2 Å². The number of carbonyl (C=O) groups excluding carboxylic acids is 1. The number of hydrogen-bond donors (Lipinski definition) is 1. The molecule has 5 rings (SSSR count). The minimum Gasteiger partial charge on any atom is -0.469 e. The zero-order valence-electron chi connectivity index (χ0n) is 19.9. The van der Waals surface area contributed by atoms with Crippen molar-refractivity contribution < 1.29 is 13.6 Å². The van der Waals surface area contributed by atoms with Crippen LogP contribution in [0.5, 0.6) is 0 Å². The molecule has 35 heavy (non-hydrogen) atoms. The number of oxazole rings is 1. The fourth-order valence-electron chi connectivity index (χ4n) is 4.33. The summed E-state index contributed by atoms with van der Waals surface area (Å²) in [7, 11) is 0. The summed E-state index contributed by atoms with van der Waals surface area (Å²) in [5.74, 6) is 2.17. The van der Waals surface area contributed by atoms with E-state index in [1.807, 2.05) is 31.2 Å². The van der Waals surface area contributed by atoms with Gasteiger partial charge in [0.15, 0.2) is 0 Å². The highest BCUT2D eigenvalue weighted by molar-refractivity contribution is 5.94. The quantitative estimate of drug-likeness (QED) is 0.408. The van der Waals surface area contributed by atoms with Crippen LogP contribution in [-0.2, 0) is 13.0 Å². The number of benzene rings is 2. The lowest BCUT2D eigenvalue weighted by Gasteiger charge is -2.35. The largest absolute Gasteiger partial charge is 0.469 e. The highest BCUT2D eigenvalue weighted by Crippen LogP contribution is 2.24. The number of aryl methyl sites for hydroxylation is 1. The first kappa shape index (κ1) is 22.9. The van der Waals surface area contributed by atoms with Crippen molar-refractivity contribution in [1.82, 2.24) is 15.2 Å². The standard InChI is InChI=1S/C28H30N4O3/c1-21-26(20-31-15-17-32(18-16-31)24-6-3-2-4-7-24)30-28(35-21)23-11-9-22(10-12-23)27(33)29-14-13-25-8-5-19-34-25/h2-12,19H,13-18,20H2,1H3,(H,29,33). The normalized spacial score (nSPS) is 14.3. The lowest BCUT2D eigenvalue weighted by atomic mass is 10.1. The smallest absolute Gasteiger partial charge is 0.251 e. The fourth-order valence-corrected chi connectivity index (χ4v) is 4.33. The average Bonchev–Trinajstić information content (AvgIpc) is 3.55. The van der Waals surface area contributed by atoms with Crippen LogP contribution >= 0.6 is 0 Å². The van der Waals surface area contributed by atoms with Crippen molar-refractivity contribution in [3.8, 4) is 11.5 Å². The minimum atomic E-state index is -0.109. The molecule has 2 aromatic heterocycles. The maximum absolute atomic E-state index is 12.4. The van der Waals surface area contributed by atoms with Gasteiger partial charge in [0.05, 0.1) is 12.0 Å². The molecule has 0 unspecified atom stereocenters. The Hall–Kier alpha value is -3.84. The molecule has 1 amide bonds. The Balaban J connectivity index is 1.15. The number of amides is 1. The van der Waals surface area contributed by atoms with Gasteiger partial charge in [-0.2, -0.15) is 0 Å². The van der Waals surface area contributed by atoms with E-state index < -0.39 is 0 Å². The van der Waals surface area contributed by atoms with Gasteiger partial charge in [0, 0.05) is 62.5 Å². The molecule has 0 atom stereocenters. The second-order valence-corrected chi connectivity index (χ2v) is 8.78. The van der Waals surface area contributed by atoms with Crippen molar-refractivity contribution >= 4 is 11.6 Å². The lowest BCUT2D eigenvalue weighted by molar-refractivity contribution is 0.0953. The number of hydrogen-bond acceptors (Lipinski definition) is 6. The van der Waals surface area contributed by atoms with Crippen LogP contribution in [0, 0.1) is 6.92 Å². The molecule has 0 bridgehead atoms. The maximum atomic E-state index is 12.4. The zero-order chi connectivity index (χ0) is 24.0. The number of rotatable bonds is 8. The third-order valence-corrected chi connectivity index (χ3v) is 6.39. The molecular weight excluding hydrogens is 440 g/mol. The fraction of sp³-hybridized carbons (Fsp3) is 0.286. The van der Waals surface area contributed by atoms with Crippen LogP contribution in [0.3, 0.4) is 0 Å². The molecular formula is C28H30N4O3. The second kappa shape index (κ2) is 10.6. The first-order valence-electron chi connectivity index (χ1n) is 12.1. The van der Waals surface area contributed by atoms with Gasteiger partial charge in [0.1, 0.15) is 11.5 Å². The van der Waals surface area contributed by atoms with E-state index in [1.54, 1.807) is 18.4 Å². The third kappa shape index (κ3) is 5.63. The highest BCUT2D eigenvalue weighted by atomic mass is 16.4. The van der Waals surface area contributed by atoms with Crippen LogP contribution < -0.4 is 10.2 Å². The molecule has 180 valence electrons. The van der Waals surface area contributed by atoms with Crippen LogP contribution in [0.25, 0.3) is 11.5 Å². The molecule has 4 aromatic rings. The SMILES string of the molecule is Cc1oc(-c2ccc(C(=O)NCCc3ccco3)cc2)nc1CN1CCN(c2ccccc2)CC1. The number of furan rings is 1. The van der Waals surface area contributed by atoms with Gasteiger partial charge in [-0.05, 0) is 55.5 Å². The number of nitrogens with zero attached hydrogens (tertiary/aromatic N) is 3.